The Bertz CT molecular complexity index is 1030. The van der Waals surface area contributed by atoms with E-state index in [-0.39, 0.29) is 17.6 Å². The number of rotatable bonds is 8. The number of likely N-dealkylation sites (tertiary alicyclic amines) is 1. The lowest BCUT2D eigenvalue weighted by molar-refractivity contribution is -0.129. The summed E-state index contributed by atoms with van der Waals surface area (Å²) in [4.78, 5) is 33.5. The molecule has 2 aromatic heterocycles. The number of aromatic nitrogens is 2. The Labute approximate surface area is 175 Å². The van der Waals surface area contributed by atoms with Gasteiger partial charge < -0.3 is 14.7 Å². The molecular weight excluding hydrogens is 410 g/mol. The van der Waals surface area contributed by atoms with Crippen molar-refractivity contribution in [1.82, 2.24) is 14.9 Å². The molecule has 0 bridgehead atoms. The Morgan fingerprint density at radius 3 is 3.07 bits per heavy atom. The van der Waals surface area contributed by atoms with E-state index < -0.39 is 5.97 Å². The molecule has 4 rings (SSSR count). The van der Waals surface area contributed by atoms with Crippen LogP contribution in [0.2, 0.25) is 0 Å². The van der Waals surface area contributed by atoms with E-state index in [0.29, 0.717) is 29.7 Å². The largest absolute Gasteiger partial charge is 0.491 e. The lowest BCUT2D eigenvalue weighted by Gasteiger charge is -2.25. The second kappa shape index (κ2) is 8.79. The number of benzene rings is 1. The third-order valence-corrected chi connectivity index (χ3v) is 6.75. The van der Waals surface area contributed by atoms with Crippen LogP contribution in [0.3, 0.4) is 0 Å². The summed E-state index contributed by atoms with van der Waals surface area (Å²) in [6.07, 6.45) is 3.05. The van der Waals surface area contributed by atoms with Crippen molar-refractivity contribution in [2.24, 2.45) is 0 Å². The molecule has 1 aliphatic rings. The van der Waals surface area contributed by atoms with Crippen molar-refractivity contribution in [2.45, 2.75) is 23.2 Å². The summed E-state index contributed by atoms with van der Waals surface area (Å²) in [7, 11) is 0. The lowest BCUT2D eigenvalue weighted by atomic mass is 10.2. The van der Waals surface area contributed by atoms with E-state index in [4.69, 9.17) is 9.84 Å². The maximum absolute atomic E-state index is 12.3. The van der Waals surface area contributed by atoms with Crippen LogP contribution < -0.4 is 4.74 Å². The number of carbonyl (C=O) groups is 2. The molecule has 0 unspecified atom stereocenters. The van der Waals surface area contributed by atoms with Crippen LogP contribution in [-0.4, -0.2) is 56.8 Å². The molecule has 1 N–H and O–H groups in total. The molecule has 3 heterocycles. The smallest absolute Gasteiger partial charge is 0.355 e. The minimum Gasteiger partial charge on any atom is -0.491 e. The van der Waals surface area contributed by atoms with Gasteiger partial charge in [-0.2, -0.15) is 0 Å². The Kier molecular flexibility index (Phi) is 5.96. The average molecular weight is 430 g/mol. The third kappa shape index (κ3) is 4.51. The van der Waals surface area contributed by atoms with Gasteiger partial charge in [-0.25, -0.2) is 9.78 Å². The highest BCUT2D eigenvalue weighted by Crippen LogP contribution is 2.27. The van der Waals surface area contributed by atoms with Crippen LogP contribution in [0.25, 0.3) is 10.9 Å². The van der Waals surface area contributed by atoms with Crippen molar-refractivity contribution in [1.29, 1.82) is 0 Å². The summed E-state index contributed by atoms with van der Waals surface area (Å²) in [6, 6.07) is 9.67. The number of pyridine rings is 1. The Morgan fingerprint density at radius 1 is 1.34 bits per heavy atom. The summed E-state index contributed by atoms with van der Waals surface area (Å²) in [5.41, 5.74) is 0.940. The summed E-state index contributed by atoms with van der Waals surface area (Å²) in [5, 5.41) is 11.4. The Hall–Kier alpha value is -2.65. The summed E-state index contributed by atoms with van der Waals surface area (Å²) < 4.78 is 6.76. The van der Waals surface area contributed by atoms with Crippen LogP contribution in [0.5, 0.6) is 5.75 Å². The molecule has 0 radical (unpaired) electrons. The summed E-state index contributed by atoms with van der Waals surface area (Å²) >= 11 is 2.77. The molecule has 1 saturated heterocycles. The second-order valence-corrected chi connectivity index (χ2v) is 8.77. The molecular formula is C20H19N3O4S2. The number of hydrogen-bond acceptors (Lipinski definition) is 7. The van der Waals surface area contributed by atoms with E-state index in [1.54, 1.807) is 6.20 Å². The fourth-order valence-electron chi connectivity index (χ4n) is 3.31. The second-order valence-electron chi connectivity index (χ2n) is 6.57. The number of ether oxygens (including phenoxy) is 1. The molecule has 1 aliphatic heterocycles. The fourth-order valence-corrected chi connectivity index (χ4v) is 5.12. The van der Waals surface area contributed by atoms with Gasteiger partial charge in [0.05, 0.1) is 11.6 Å². The van der Waals surface area contributed by atoms with Crippen LogP contribution in [-0.2, 0) is 4.79 Å². The van der Waals surface area contributed by atoms with E-state index in [2.05, 4.69) is 9.97 Å². The van der Waals surface area contributed by atoms with Gasteiger partial charge in [0.15, 0.2) is 10.0 Å². The zero-order valence-electron chi connectivity index (χ0n) is 15.5. The SMILES string of the molecule is O=C(O)c1csc(SCCN2C(=O)CC[C@@H]2COc2cccc3ncccc23)n1. The highest BCUT2D eigenvalue weighted by atomic mass is 32.2. The summed E-state index contributed by atoms with van der Waals surface area (Å²) in [5.74, 6) is 0.536. The first-order valence-corrected chi connectivity index (χ1v) is 11.1. The number of thiazole rings is 1. The number of aromatic carboxylic acids is 1. The van der Waals surface area contributed by atoms with E-state index in [0.717, 1.165) is 23.1 Å². The zero-order chi connectivity index (χ0) is 20.2. The van der Waals surface area contributed by atoms with Crippen LogP contribution in [0.15, 0.2) is 46.2 Å². The Morgan fingerprint density at radius 2 is 2.24 bits per heavy atom. The molecule has 1 fully saturated rings. The van der Waals surface area contributed by atoms with Crippen LogP contribution >= 0.6 is 23.1 Å². The molecule has 0 aliphatic carbocycles. The van der Waals surface area contributed by atoms with Gasteiger partial charge in [0.1, 0.15) is 12.4 Å². The molecule has 150 valence electrons. The van der Waals surface area contributed by atoms with Crippen molar-refractivity contribution in [2.75, 3.05) is 18.9 Å². The molecule has 0 saturated carbocycles. The van der Waals surface area contributed by atoms with Crippen molar-refractivity contribution < 1.29 is 19.4 Å². The predicted octanol–water partition coefficient (Wildman–Crippen LogP) is 3.55. The zero-order valence-corrected chi connectivity index (χ0v) is 17.1. The van der Waals surface area contributed by atoms with Gasteiger partial charge in [0.2, 0.25) is 5.91 Å². The summed E-state index contributed by atoms with van der Waals surface area (Å²) in [6.45, 7) is 1.02. The van der Waals surface area contributed by atoms with E-state index >= 15 is 0 Å². The molecule has 1 aromatic carbocycles. The number of thioether (sulfide) groups is 1. The monoisotopic (exact) mass is 429 g/mol. The van der Waals surface area contributed by atoms with E-state index in [1.165, 1.54) is 28.5 Å². The number of nitrogens with zero attached hydrogens (tertiary/aromatic N) is 3. The molecule has 3 aromatic rings. The first-order chi connectivity index (χ1) is 14.1. The van der Waals surface area contributed by atoms with E-state index in [1.807, 2.05) is 35.2 Å². The van der Waals surface area contributed by atoms with Crippen LogP contribution in [0.1, 0.15) is 23.3 Å². The van der Waals surface area contributed by atoms with Gasteiger partial charge in [0, 0.05) is 35.7 Å². The predicted molar refractivity (Wildman–Crippen MR) is 112 cm³/mol. The molecule has 7 nitrogen and oxygen atoms in total. The standard InChI is InChI=1S/C20H19N3O4S2/c24-18-7-6-13(11-27-17-5-1-4-15-14(17)3-2-8-21-15)23(18)9-10-28-20-22-16(12-29-20)19(25)26/h1-5,8,12-13H,6-7,9-11H2,(H,25,26)/t13-/m1/s1. The molecule has 9 heteroatoms. The minimum atomic E-state index is -1.02. The quantitative estimate of drug-likeness (QED) is 0.547. The fraction of sp³-hybridized carbons (Fsp3) is 0.300. The maximum Gasteiger partial charge on any atom is 0.355 e. The molecule has 0 spiro atoms. The number of amides is 1. The van der Waals surface area contributed by atoms with Gasteiger partial charge in [-0.1, -0.05) is 17.8 Å². The number of carbonyl (C=O) groups excluding carboxylic acids is 1. The van der Waals surface area contributed by atoms with Crippen LogP contribution in [0.4, 0.5) is 0 Å². The first kappa shape index (κ1) is 19.7. The molecule has 29 heavy (non-hydrogen) atoms. The highest BCUT2D eigenvalue weighted by Gasteiger charge is 2.31. The first-order valence-electron chi connectivity index (χ1n) is 9.19. The third-order valence-electron chi connectivity index (χ3n) is 4.75. The Balaban J connectivity index is 1.34. The average Bonchev–Trinajstić information content (AvgIpc) is 3.34. The van der Waals surface area contributed by atoms with Gasteiger partial charge in [0.25, 0.3) is 0 Å². The van der Waals surface area contributed by atoms with Crippen molar-refractivity contribution in [3.8, 4) is 5.75 Å². The molecule has 1 amide bonds. The van der Waals surface area contributed by atoms with Crippen molar-refractivity contribution in [3.63, 3.8) is 0 Å². The van der Waals surface area contributed by atoms with Crippen molar-refractivity contribution in [3.05, 3.63) is 47.6 Å². The maximum atomic E-state index is 12.3. The minimum absolute atomic E-state index is 0.0286. The van der Waals surface area contributed by atoms with Gasteiger partial charge >= 0.3 is 5.97 Å². The van der Waals surface area contributed by atoms with Crippen LogP contribution in [0, 0.1) is 0 Å². The topological polar surface area (TPSA) is 92.6 Å². The lowest BCUT2D eigenvalue weighted by Crippen LogP contribution is -2.38. The van der Waals surface area contributed by atoms with Crippen molar-refractivity contribution >= 4 is 45.9 Å². The molecule has 1 atom stereocenters. The van der Waals surface area contributed by atoms with Gasteiger partial charge in [-0.15, -0.1) is 11.3 Å². The highest BCUT2D eigenvalue weighted by molar-refractivity contribution is 8.01. The number of carboxylic acid groups (broad SMARTS) is 1. The van der Waals surface area contributed by atoms with Gasteiger partial charge in [-0.3, -0.25) is 9.78 Å². The van der Waals surface area contributed by atoms with E-state index in [9.17, 15) is 9.59 Å². The van der Waals surface area contributed by atoms with Gasteiger partial charge in [-0.05, 0) is 30.7 Å². The normalized spacial score (nSPS) is 16.5. The number of carboxylic acids is 1. The number of hydrogen-bond donors (Lipinski definition) is 1. The number of fused-ring (bicyclic) bond motifs is 1.